The number of aliphatic hydroxyl groups excluding tert-OH is 1. The van der Waals surface area contributed by atoms with Gasteiger partial charge in [-0.1, -0.05) is 36.4 Å². The summed E-state index contributed by atoms with van der Waals surface area (Å²) in [6.45, 7) is 5.44. The van der Waals surface area contributed by atoms with Crippen LogP contribution in [0.5, 0.6) is 5.75 Å². The molecule has 2 nitrogen and oxygen atoms in total. The molecule has 166 valence electrons. The molecule has 0 radical (unpaired) electrons. The first-order valence-electron chi connectivity index (χ1n) is 10.8. The molecule has 1 N–H and O–H groups in total. The summed E-state index contributed by atoms with van der Waals surface area (Å²) >= 11 is 0. The van der Waals surface area contributed by atoms with Gasteiger partial charge in [0.25, 0.3) is 0 Å². The highest BCUT2D eigenvalue weighted by Crippen LogP contribution is 2.39. The maximum absolute atomic E-state index is 14.6. The van der Waals surface area contributed by atoms with E-state index in [0.29, 0.717) is 23.1 Å². The maximum atomic E-state index is 14.6. The molecule has 0 amide bonds. The third kappa shape index (κ3) is 5.79. The van der Waals surface area contributed by atoms with E-state index in [1.54, 1.807) is 37.3 Å². The standard InChI is InChI=1S/C26H29F3O2/c1-3-4-15-31-24-14-13-22(25(28)26(24)29)19-8-5-18(6-9-19)7-10-20-11-12-21(17(2)30)16-23(20)27/h3,7,10-14,16-19,30H,1,4-6,8-9,15H2,2H3/b10-7+. The molecule has 3 rings (SSSR count). The van der Waals surface area contributed by atoms with Gasteiger partial charge >= 0.3 is 0 Å². The van der Waals surface area contributed by atoms with Crippen molar-refractivity contribution in [1.29, 1.82) is 0 Å². The van der Waals surface area contributed by atoms with Crippen LogP contribution in [0.2, 0.25) is 0 Å². The molecular weight excluding hydrogens is 401 g/mol. The molecule has 0 aliphatic heterocycles. The fraction of sp³-hybridized carbons (Fsp3) is 0.385. The highest BCUT2D eigenvalue weighted by Gasteiger charge is 2.26. The van der Waals surface area contributed by atoms with Crippen molar-refractivity contribution in [2.24, 2.45) is 5.92 Å². The highest BCUT2D eigenvalue weighted by molar-refractivity contribution is 5.51. The van der Waals surface area contributed by atoms with E-state index in [9.17, 15) is 18.3 Å². The SMILES string of the molecule is C=CCCOc1ccc(C2CCC(/C=C/c3ccc(C(C)O)cc3F)CC2)c(F)c1F. The Morgan fingerprint density at radius 2 is 1.84 bits per heavy atom. The molecule has 1 saturated carbocycles. The molecule has 0 bridgehead atoms. The van der Waals surface area contributed by atoms with Crippen molar-refractivity contribution in [3.63, 3.8) is 0 Å². The van der Waals surface area contributed by atoms with E-state index in [0.717, 1.165) is 25.7 Å². The number of allylic oxidation sites excluding steroid dienone is 1. The molecule has 5 heteroatoms. The number of benzene rings is 2. The summed E-state index contributed by atoms with van der Waals surface area (Å²) in [7, 11) is 0. The van der Waals surface area contributed by atoms with Crippen molar-refractivity contribution >= 4 is 6.08 Å². The predicted octanol–water partition coefficient (Wildman–Crippen LogP) is 7.10. The summed E-state index contributed by atoms with van der Waals surface area (Å²) in [6, 6.07) is 7.86. The normalized spacial score (nSPS) is 20.0. The predicted molar refractivity (Wildman–Crippen MR) is 117 cm³/mol. The number of aliphatic hydroxyl groups is 1. The molecule has 1 atom stereocenters. The average molecular weight is 431 g/mol. The quantitative estimate of drug-likeness (QED) is 0.358. The number of hydrogen-bond acceptors (Lipinski definition) is 2. The van der Waals surface area contributed by atoms with Crippen molar-refractivity contribution < 1.29 is 23.0 Å². The second-order valence-corrected chi connectivity index (χ2v) is 8.13. The minimum Gasteiger partial charge on any atom is -0.490 e. The Bertz CT molecular complexity index is 928. The third-order valence-electron chi connectivity index (χ3n) is 5.92. The summed E-state index contributed by atoms with van der Waals surface area (Å²) in [5.74, 6) is -1.96. The Hall–Kier alpha value is -2.53. The van der Waals surface area contributed by atoms with Gasteiger partial charge in [0.2, 0.25) is 5.82 Å². The van der Waals surface area contributed by atoms with Crippen LogP contribution in [0.4, 0.5) is 13.2 Å². The lowest BCUT2D eigenvalue weighted by Gasteiger charge is -2.27. The van der Waals surface area contributed by atoms with Gasteiger partial charge < -0.3 is 9.84 Å². The largest absolute Gasteiger partial charge is 0.490 e. The fourth-order valence-electron chi connectivity index (χ4n) is 4.03. The summed E-state index contributed by atoms with van der Waals surface area (Å²) in [4.78, 5) is 0. The van der Waals surface area contributed by atoms with Gasteiger partial charge in [0.05, 0.1) is 12.7 Å². The van der Waals surface area contributed by atoms with E-state index < -0.39 is 17.7 Å². The molecule has 0 aromatic heterocycles. The van der Waals surface area contributed by atoms with Gasteiger partial charge in [0.15, 0.2) is 11.6 Å². The zero-order chi connectivity index (χ0) is 22.4. The zero-order valence-corrected chi connectivity index (χ0v) is 17.8. The minimum atomic E-state index is -0.931. The molecule has 2 aromatic carbocycles. The number of rotatable bonds is 8. The molecule has 1 aliphatic carbocycles. The number of hydrogen-bond donors (Lipinski definition) is 1. The second-order valence-electron chi connectivity index (χ2n) is 8.13. The highest BCUT2D eigenvalue weighted by atomic mass is 19.2. The van der Waals surface area contributed by atoms with E-state index in [1.165, 1.54) is 12.1 Å². The topological polar surface area (TPSA) is 29.5 Å². The molecule has 2 aromatic rings. The molecule has 0 saturated heterocycles. The van der Waals surface area contributed by atoms with Crippen LogP contribution in [-0.4, -0.2) is 11.7 Å². The van der Waals surface area contributed by atoms with Crippen LogP contribution < -0.4 is 4.74 Å². The first-order chi connectivity index (χ1) is 14.9. The zero-order valence-electron chi connectivity index (χ0n) is 17.8. The van der Waals surface area contributed by atoms with Gasteiger partial charge in [0, 0.05) is 5.56 Å². The van der Waals surface area contributed by atoms with E-state index >= 15 is 0 Å². The maximum Gasteiger partial charge on any atom is 0.200 e. The molecule has 1 fully saturated rings. The molecule has 31 heavy (non-hydrogen) atoms. The van der Waals surface area contributed by atoms with Crippen molar-refractivity contribution in [3.05, 3.63) is 83.2 Å². The number of ether oxygens (including phenoxy) is 1. The van der Waals surface area contributed by atoms with Gasteiger partial charge in [-0.25, -0.2) is 8.78 Å². The van der Waals surface area contributed by atoms with Crippen LogP contribution in [-0.2, 0) is 0 Å². The van der Waals surface area contributed by atoms with E-state index in [-0.39, 0.29) is 30.0 Å². The Labute approximate surface area is 182 Å². The Morgan fingerprint density at radius 1 is 1.10 bits per heavy atom. The summed E-state index contributed by atoms with van der Waals surface area (Å²) < 4.78 is 48.5. The first-order valence-corrected chi connectivity index (χ1v) is 10.8. The molecule has 1 aliphatic rings. The van der Waals surface area contributed by atoms with Crippen LogP contribution in [0, 0.1) is 23.4 Å². The molecule has 1 unspecified atom stereocenters. The lowest BCUT2D eigenvalue weighted by molar-refractivity contribution is 0.199. The van der Waals surface area contributed by atoms with Crippen LogP contribution >= 0.6 is 0 Å². The monoisotopic (exact) mass is 430 g/mol. The van der Waals surface area contributed by atoms with Crippen LogP contribution in [0.1, 0.15) is 67.7 Å². The van der Waals surface area contributed by atoms with Gasteiger partial charge in [-0.3, -0.25) is 0 Å². The van der Waals surface area contributed by atoms with E-state index in [4.69, 9.17) is 4.74 Å². The summed E-state index contributed by atoms with van der Waals surface area (Å²) in [6.07, 6.45) is 8.41. The van der Waals surface area contributed by atoms with E-state index in [1.807, 2.05) is 6.08 Å². The lowest BCUT2D eigenvalue weighted by Crippen LogP contribution is -2.14. The van der Waals surface area contributed by atoms with Crippen LogP contribution in [0.15, 0.2) is 49.1 Å². The Morgan fingerprint density at radius 3 is 2.48 bits per heavy atom. The van der Waals surface area contributed by atoms with Crippen molar-refractivity contribution in [2.75, 3.05) is 6.61 Å². The Balaban J connectivity index is 1.60. The molecule has 0 heterocycles. The van der Waals surface area contributed by atoms with E-state index in [2.05, 4.69) is 6.58 Å². The number of halogens is 3. The van der Waals surface area contributed by atoms with Gasteiger partial charge in [-0.05, 0) is 74.1 Å². The minimum absolute atomic E-state index is 0.0385. The van der Waals surface area contributed by atoms with Crippen molar-refractivity contribution in [1.82, 2.24) is 0 Å². The third-order valence-corrected chi connectivity index (χ3v) is 5.92. The first kappa shape index (κ1) is 23.1. The lowest BCUT2D eigenvalue weighted by atomic mass is 9.78. The van der Waals surface area contributed by atoms with Gasteiger partial charge in [0.1, 0.15) is 5.82 Å². The van der Waals surface area contributed by atoms with Gasteiger partial charge in [-0.15, -0.1) is 6.58 Å². The molecular formula is C26H29F3O2. The summed E-state index contributed by atoms with van der Waals surface area (Å²) in [5.41, 5.74) is 1.42. The van der Waals surface area contributed by atoms with Gasteiger partial charge in [-0.2, -0.15) is 4.39 Å². The molecule has 0 spiro atoms. The summed E-state index contributed by atoms with van der Waals surface area (Å²) in [5, 5.41) is 9.55. The Kier molecular flexibility index (Phi) is 7.97. The van der Waals surface area contributed by atoms with Crippen molar-refractivity contribution in [3.8, 4) is 5.75 Å². The average Bonchev–Trinajstić information content (AvgIpc) is 2.76. The fourth-order valence-corrected chi connectivity index (χ4v) is 4.03. The van der Waals surface area contributed by atoms with Crippen molar-refractivity contribution in [2.45, 2.75) is 51.0 Å². The van der Waals surface area contributed by atoms with Crippen LogP contribution in [0.25, 0.3) is 6.08 Å². The van der Waals surface area contributed by atoms with Crippen LogP contribution in [0.3, 0.4) is 0 Å². The smallest absolute Gasteiger partial charge is 0.200 e. The second kappa shape index (κ2) is 10.7.